The van der Waals surface area contributed by atoms with Crippen molar-refractivity contribution in [2.24, 2.45) is 5.14 Å². The Morgan fingerprint density at radius 3 is 2.32 bits per heavy atom. The van der Waals surface area contributed by atoms with E-state index in [0.29, 0.717) is 15.7 Å². The van der Waals surface area contributed by atoms with Gasteiger partial charge >= 0.3 is 0 Å². The third kappa shape index (κ3) is 3.97. The monoisotopic (exact) mass is 376 g/mol. The van der Waals surface area contributed by atoms with Crippen LogP contribution in [0.2, 0.25) is 0 Å². The van der Waals surface area contributed by atoms with Crippen LogP contribution in [0.1, 0.15) is 16.5 Å². The van der Waals surface area contributed by atoms with Crippen LogP contribution >= 0.6 is 11.3 Å². The number of aliphatic hydroxyl groups is 1. The Kier molecular flexibility index (Phi) is 4.73. The number of sulfonamides is 1. The number of anilines is 3. The van der Waals surface area contributed by atoms with Gasteiger partial charge in [0.05, 0.1) is 9.77 Å². The zero-order chi connectivity index (χ0) is 18.0. The third-order valence-corrected chi connectivity index (χ3v) is 5.45. The van der Waals surface area contributed by atoms with E-state index in [0.717, 1.165) is 5.56 Å². The molecule has 0 amide bonds. The number of hydrogen-bond donors (Lipinski definition) is 4. The second-order valence-electron chi connectivity index (χ2n) is 5.28. The highest BCUT2D eigenvalue weighted by Crippen LogP contribution is 2.35. The van der Waals surface area contributed by atoms with Crippen molar-refractivity contribution < 1.29 is 13.5 Å². The molecule has 0 saturated heterocycles. The maximum Gasteiger partial charge on any atom is 0.238 e. The van der Waals surface area contributed by atoms with E-state index in [1.165, 1.54) is 23.5 Å². The lowest BCUT2D eigenvalue weighted by atomic mass is 10.1. The second kappa shape index (κ2) is 6.81. The van der Waals surface area contributed by atoms with E-state index in [1.54, 1.807) is 12.1 Å². The van der Waals surface area contributed by atoms with Crippen molar-refractivity contribution >= 4 is 38.0 Å². The molecular weight excluding hydrogens is 360 g/mol. The summed E-state index contributed by atoms with van der Waals surface area (Å²) in [6, 6.07) is 15.1. The van der Waals surface area contributed by atoms with Crippen LogP contribution in [0, 0.1) is 0 Å². The van der Waals surface area contributed by atoms with Crippen molar-refractivity contribution in [1.29, 1.82) is 0 Å². The van der Waals surface area contributed by atoms with Crippen LogP contribution in [-0.4, -0.2) is 18.5 Å². The summed E-state index contributed by atoms with van der Waals surface area (Å²) < 4.78 is 22.5. The molecule has 1 unspecified atom stereocenters. The summed E-state index contributed by atoms with van der Waals surface area (Å²) in [5, 5.41) is 19.1. The molecule has 25 heavy (non-hydrogen) atoms. The molecule has 0 aliphatic rings. The lowest BCUT2D eigenvalue weighted by Crippen LogP contribution is -2.11. The Hall–Kier alpha value is -2.46. The fourth-order valence-electron chi connectivity index (χ4n) is 2.23. The highest BCUT2D eigenvalue weighted by atomic mass is 32.2. The van der Waals surface area contributed by atoms with E-state index < -0.39 is 16.1 Å². The van der Waals surface area contributed by atoms with Gasteiger partial charge in [-0.3, -0.25) is 0 Å². The maximum atomic E-state index is 11.3. The van der Waals surface area contributed by atoms with Crippen LogP contribution in [0.3, 0.4) is 0 Å². The van der Waals surface area contributed by atoms with E-state index in [9.17, 15) is 13.5 Å². The van der Waals surface area contributed by atoms with Crippen molar-refractivity contribution in [2.75, 3.05) is 11.1 Å². The van der Waals surface area contributed by atoms with Gasteiger partial charge in [-0.25, -0.2) is 18.5 Å². The maximum absolute atomic E-state index is 11.3. The first kappa shape index (κ1) is 17.4. The van der Waals surface area contributed by atoms with Crippen LogP contribution in [0.4, 0.5) is 16.6 Å². The normalized spacial score (nSPS) is 12.7. The number of nitrogens with zero attached hydrogens (tertiary/aromatic N) is 1. The molecule has 2 aromatic carbocycles. The predicted octanol–water partition coefficient (Wildman–Crippen LogP) is 2.20. The Bertz CT molecular complexity index is 970. The molecule has 0 aliphatic heterocycles. The minimum Gasteiger partial charge on any atom is -0.383 e. The first-order valence-corrected chi connectivity index (χ1v) is 9.60. The number of thiazole rings is 1. The molecule has 3 rings (SSSR count). The largest absolute Gasteiger partial charge is 0.383 e. The number of nitrogens with two attached hydrogens (primary N) is 2. The van der Waals surface area contributed by atoms with Crippen molar-refractivity contribution in [3.8, 4) is 0 Å². The molecule has 3 aromatic rings. The van der Waals surface area contributed by atoms with Crippen LogP contribution in [0.15, 0.2) is 59.5 Å². The van der Waals surface area contributed by atoms with Gasteiger partial charge in [0.25, 0.3) is 0 Å². The van der Waals surface area contributed by atoms with E-state index in [1.807, 2.05) is 30.3 Å². The molecule has 130 valence electrons. The van der Waals surface area contributed by atoms with Gasteiger partial charge in [-0.05, 0) is 29.8 Å². The van der Waals surface area contributed by atoms with Crippen LogP contribution in [-0.2, 0) is 10.0 Å². The smallest absolute Gasteiger partial charge is 0.238 e. The number of aromatic nitrogens is 1. The van der Waals surface area contributed by atoms with Gasteiger partial charge in [-0.15, -0.1) is 0 Å². The molecule has 0 bridgehead atoms. The molecule has 9 heteroatoms. The van der Waals surface area contributed by atoms with E-state index in [2.05, 4.69) is 10.3 Å². The molecule has 0 fully saturated rings. The van der Waals surface area contributed by atoms with Gasteiger partial charge < -0.3 is 16.2 Å². The minimum atomic E-state index is -3.73. The number of benzene rings is 2. The SMILES string of the molecule is Nc1nc(Nc2ccc(S(N)(=O)=O)cc2)sc1C(O)c1ccccc1. The highest BCUT2D eigenvalue weighted by molar-refractivity contribution is 7.89. The standard InChI is InChI=1S/C16H16N4O3S2/c17-15-14(13(21)10-4-2-1-3-5-10)24-16(20-15)19-11-6-8-12(9-7-11)25(18,22)23/h1-9,13,21H,17H2,(H,19,20)(H2,18,22,23). The van der Waals surface area contributed by atoms with Crippen molar-refractivity contribution in [2.45, 2.75) is 11.0 Å². The Morgan fingerprint density at radius 1 is 1.08 bits per heavy atom. The number of nitrogens with one attached hydrogen (secondary N) is 1. The Morgan fingerprint density at radius 2 is 1.72 bits per heavy atom. The summed E-state index contributed by atoms with van der Waals surface area (Å²) in [5.41, 5.74) is 7.27. The molecule has 0 aliphatic carbocycles. The number of nitrogen functional groups attached to an aromatic ring is 1. The second-order valence-corrected chi connectivity index (χ2v) is 7.87. The molecule has 6 N–H and O–H groups in total. The summed E-state index contributed by atoms with van der Waals surface area (Å²) in [4.78, 5) is 4.77. The molecule has 1 heterocycles. The third-order valence-electron chi connectivity index (χ3n) is 3.48. The average molecular weight is 376 g/mol. The summed E-state index contributed by atoms with van der Waals surface area (Å²) in [7, 11) is -3.73. The van der Waals surface area contributed by atoms with Crippen LogP contribution in [0.5, 0.6) is 0 Å². The van der Waals surface area contributed by atoms with Gasteiger partial charge in [0.2, 0.25) is 10.0 Å². The van der Waals surface area contributed by atoms with Gasteiger partial charge in [0.1, 0.15) is 11.9 Å². The number of aliphatic hydroxyl groups excluding tert-OH is 1. The van der Waals surface area contributed by atoms with Crippen molar-refractivity contribution in [3.05, 3.63) is 65.0 Å². The lowest BCUT2D eigenvalue weighted by Gasteiger charge is -2.08. The molecular formula is C16H16N4O3S2. The fourth-order valence-corrected chi connectivity index (χ4v) is 3.67. The summed E-state index contributed by atoms with van der Waals surface area (Å²) in [5.74, 6) is 0.241. The highest BCUT2D eigenvalue weighted by Gasteiger charge is 2.18. The Labute approximate surface area is 149 Å². The molecule has 0 spiro atoms. The first-order chi connectivity index (χ1) is 11.8. The zero-order valence-corrected chi connectivity index (χ0v) is 14.6. The summed E-state index contributed by atoms with van der Waals surface area (Å²) in [6.07, 6.45) is -0.862. The molecule has 0 radical (unpaired) electrons. The summed E-state index contributed by atoms with van der Waals surface area (Å²) >= 11 is 1.23. The molecule has 1 aromatic heterocycles. The van der Waals surface area contributed by atoms with E-state index in [4.69, 9.17) is 10.9 Å². The molecule has 1 atom stereocenters. The number of hydrogen-bond acceptors (Lipinski definition) is 7. The van der Waals surface area contributed by atoms with Crippen LogP contribution < -0.4 is 16.2 Å². The van der Waals surface area contributed by atoms with Gasteiger partial charge in [0, 0.05) is 5.69 Å². The predicted molar refractivity (Wildman–Crippen MR) is 98.1 cm³/mol. The minimum absolute atomic E-state index is 0.0249. The number of primary sulfonamides is 1. The summed E-state index contributed by atoms with van der Waals surface area (Å²) in [6.45, 7) is 0. The topological polar surface area (TPSA) is 131 Å². The van der Waals surface area contributed by atoms with E-state index >= 15 is 0 Å². The van der Waals surface area contributed by atoms with Gasteiger partial charge in [0.15, 0.2) is 5.13 Å². The molecule has 7 nitrogen and oxygen atoms in total. The Balaban J connectivity index is 1.81. The first-order valence-electron chi connectivity index (χ1n) is 7.23. The van der Waals surface area contributed by atoms with Gasteiger partial charge in [-0.1, -0.05) is 41.7 Å². The molecule has 0 saturated carbocycles. The lowest BCUT2D eigenvalue weighted by molar-refractivity contribution is 0.224. The quantitative estimate of drug-likeness (QED) is 0.540. The van der Waals surface area contributed by atoms with Crippen molar-refractivity contribution in [1.82, 2.24) is 4.98 Å². The average Bonchev–Trinajstić information content (AvgIpc) is 2.95. The number of rotatable bonds is 5. The fraction of sp³-hybridized carbons (Fsp3) is 0.0625. The van der Waals surface area contributed by atoms with E-state index in [-0.39, 0.29) is 10.7 Å². The van der Waals surface area contributed by atoms with Crippen molar-refractivity contribution in [3.63, 3.8) is 0 Å². The van der Waals surface area contributed by atoms with Crippen LogP contribution in [0.25, 0.3) is 0 Å². The zero-order valence-electron chi connectivity index (χ0n) is 13.0. The van der Waals surface area contributed by atoms with Gasteiger partial charge in [-0.2, -0.15) is 0 Å².